The van der Waals surface area contributed by atoms with Crippen molar-refractivity contribution in [1.82, 2.24) is 21.3 Å². The van der Waals surface area contributed by atoms with Crippen molar-refractivity contribution in [3.63, 3.8) is 0 Å². The number of rotatable bonds is 20. The van der Waals surface area contributed by atoms with Gasteiger partial charge in [0.25, 0.3) is 0 Å². The van der Waals surface area contributed by atoms with Gasteiger partial charge in [-0.15, -0.1) is 0 Å². The molecule has 5 atom stereocenters. The second kappa shape index (κ2) is 20.1. The average molecular weight is 702 g/mol. The molecular formula is C33H46N6O6Se. The first kappa shape index (κ1) is 38.1. The topological polar surface area (TPSA) is 203 Å². The van der Waals surface area contributed by atoms with Crippen LogP contribution in [0.5, 0.6) is 0 Å². The molecule has 250 valence electrons. The zero-order chi connectivity index (χ0) is 34.1. The van der Waals surface area contributed by atoms with Gasteiger partial charge in [-0.25, -0.2) is 0 Å². The molecule has 0 spiro atoms. The minimum Gasteiger partial charge on any atom is -0.343 e. The van der Waals surface area contributed by atoms with Crippen molar-refractivity contribution in [3.8, 4) is 0 Å². The van der Waals surface area contributed by atoms with E-state index in [0.29, 0.717) is 34.1 Å². The minimum atomic E-state index is -1.46. The van der Waals surface area contributed by atoms with E-state index in [4.69, 9.17) is 11.5 Å². The molecule has 12 nitrogen and oxygen atoms in total. The average Bonchev–Trinajstić information content (AvgIpc) is 3.02. The van der Waals surface area contributed by atoms with E-state index in [1.165, 1.54) is 0 Å². The molecule has 0 aromatic heterocycles. The number of hydrogen-bond acceptors (Lipinski definition) is 7. The predicted molar refractivity (Wildman–Crippen MR) is 176 cm³/mol. The zero-order valence-electron chi connectivity index (χ0n) is 26.6. The van der Waals surface area contributed by atoms with E-state index in [0.717, 1.165) is 16.4 Å². The van der Waals surface area contributed by atoms with Crippen molar-refractivity contribution in [2.75, 3.05) is 0 Å². The Bertz CT molecular complexity index is 1300. The number of benzene rings is 2. The fourth-order valence-electron chi connectivity index (χ4n) is 4.67. The van der Waals surface area contributed by atoms with Crippen LogP contribution in [-0.2, 0) is 41.6 Å². The van der Waals surface area contributed by atoms with E-state index < -0.39 is 66.2 Å². The Hall–Kier alpha value is -4.06. The van der Waals surface area contributed by atoms with Crippen molar-refractivity contribution < 1.29 is 28.8 Å². The van der Waals surface area contributed by atoms with Gasteiger partial charge in [0.05, 0.1) is 6.04 Å². The Labute approximate surface area is 276 Å². The van der Waals surface area contributed by atoms with Crippen molar-refractivity contribution in [2.24, 2.45) is 17.4 Å². The van der Waals surface area contributed by atoms with E-state index in [9.17, 15) is 28.8 Å². The number of aldehydes is 1. The standard InChI is InChI=1S/C33H46N6O6Se/c1-21(2)16-25(34)30(42)37-27(18-23-12-8-5-9-13-23)32(44)39-28(19-29(35)41)33(45)38-26(17-22-10-6-4-7-11-22)31(43)36-24(20-40)14-15-46-3/h4-13,20-21,24-28H,14-19,34H2,1-3H3,(H2,35,41)(H,36,43)(H,37,42)(H,38,45)(H,39,44)/t24-,25-,26-,27-,28-/m0/s1. The molecule has 0 unspecified atom stereocenters. The summed E-state index contributed by atoms with van der Waals surface area (Å²) in [4.78, 5) is 77.1. The van der Waals surface area contributed by atoms with Crippen LogP contribution < -0.4 is 32.7 Å². The zero-order valence-corrected chi connectivity index (χ0v) is 28.3. The van der Waals surface area contributed by atoms with Crippen LogP contribution in [0.3, 0.4) is 0 Å². The molecule has 0 aliphatic rings. The first-order chi connectivity index (χ1) is 21.9. The van der Waals surface area contributed by atoms with Gasteiger partial charge < -0.3 is 11.1 Å². The van der Waals surface area contributed by atoms with Gasteiger partial charge >= 0.3 is 181 Å². The van der Waals surface area contributed by atoms with Crippen molar-refractivity contribution in [3.05, 3.63) is 71.8 Å². The smallest absolute Gasteiger partial charge is 0.343 e. The van der Waals surface area contributed by atoms with Crippen molar-refractivity contribution >= 4 is 50.8 Å². The second-order valence-electron chi connectivity index (χ2n) is 11.5. The van der Waals surface area contributed by atoms with Crippen LogP contribution in [0, 0.1) is 5.92 Å². The fraction of sp³-hybridized carbons (Fsp3) is 0.455. The third-order valence-corrected chi connectivity index (χ3v) is 8.41. The molecule has 0 saturated carbocycles. The molecule has 2 aromatic carbocycles. The van der Waals surface area contributed by atoms with Gasteiger partial charge in [0.1, 0.15) is 0 Å². The number of carbonyl (C=O) groups is 6. The molecule has 0 heterocycles. The van der Waals surface area contributed by atoms with E-state index in [1.54, 1.807) is 48.5 Å². The first-order valence-electron chi connectivity index (χ1n) is 15.2. The summed E-state index contributed by atoms with van der Waals surface area (Å²) in [5.41, 5.74) is 13.0. The van der Waals surface area contributed by atoms with Gasteiger partial charge in [0.2, 0.25) is 5.91 Å². The number of nitrogens with one attached hydrogen (secondary N) is 4. The summed E-state index contributed by atoms with van der Waals surface area (Å²) < 4.78 is 0. The number of amides is 5. The van der Waals surface area contributed by atoms with Gasteiger partial charge in [0.15, 0.2) is 0 Å². The summed E-state index contributed by atoms with van der Waals surface area (Å²) in [5, 5.41) is 11.3. The molecule has 2 aromatic rings. The Balaban J connectivity index is 2.30. The van der Waals surface area contributed by atoms with Crippen LogP contribution in [0.1, 0.15) is 44.2 Å². The monoisotopic (exact) mass is 702 g/mol. The summed E-state index contributed by atoms with van der Waals surface area (Å²) >= 11 is 0.307. The SMILES string of the molecule is C[Se]CC[C@@H](C=O)NC(=O)[C@H](Cc1ccccc1)NC(=O)[C@H](CC(N)=O)NC(=O)[C@H](Cc1ccccc1)NC(=O)[C@@H](N)CC(C)C. The van der Waals surface area contributed by atoms with Gasteiger partial charge in [0, 0.05) is 6.42 Å². The quantitative estimate of drug-likeness (QED) is 0.0848. The molecule has 0 aliphatic carbocycles. The Morgan fingerprint density at radius 1 is 0.739 bits per heavy atom. The Morgan fingerprint density at radius 2 is 1.20 bits per heavy atom. The fourth-order valence-corrected chi connectivity index (χ4v) is 5.70. The maximum atomic E-state index is 13.6. The summed E-state index contributed by atoms with van der Waals surface area (Å²) in [5.74, 6) is -1.38. The van der Waals surface area contributed by atoms with Crippen LogP contribution in [0.2, 0.25) is 11.1 Å². The summed E-state index contributed by atoms with van der Waals surface area (Å²) in [6.45, 7) is 3.84. The van der Waals surface area contributed by atoms with Gasteiger partial charge in [-0.1, -0.05) is 44.2 Å². The van der Waals surface area contributed by atoms with E-state index in [-0.39, 0.29) is 18.8 Å². The van der Waals surface area contributed by atoms with Crippen LogP contribution >= 0.6 is 0 Å². The molecule has 0 aliphatic heterocycles. The van der Waals surface area contributed by atoms with E-state index in [2.05, 4.69) is 21.3 Å². The maximum absolute atomic E-state index is 13.6. The molecule has 0 saturated heterocycles. The summed E-state index contributed by atoms with van der Waals surface area (Å²) in [7, 11) is 0. The van der Waals surface area contributed by atoms with E-state index >= 15 is 0 Å². The molecular weight excluding hydrogens is 655 g/mol. The third-order valence-electron chi connectivity index (χ3n) is 7.06. The third kappa shape index (κ3) is 13.9. The number of hydrogen-bond donors (Lipinski definition) is 6. The molecule has 8 N–H and O–H groups in total. The Kier molecular flexibility index (Phi) is 16.7. The van der Waals surface area contributed by atoms with Crippen LogP contribution in [0.25, 0.3) is 0 Å². The van der Waals surface area contributed by atoms with Crippen molar-refractivity contribution in [1.29, 1.82) is 0 Å². The van der Waals surface area contributed by atoms with Gasteiger partial charge in [-0.2, -0.15) is 0 Å². The number of nitrogens with two attached hydrogens (primary N) is 2. The summed E-state index contributed by atoms with van der Waals surface area (Å²) in [6, 6.07) is 12.6. The van der Waals surface area contributed by atoms with Gasteiger partial charge in [-0.3, -0.25) is 4.79 Å². The van der Waals surface area contributed by atoms with Crippen LogP contribution in [0.4, 0.5) is 0 Å². The van der Waals surface area contributed by atoms with Crippen LogP contribution in [0.15, 0.2) is 60.7 Å². The minimum absolute atomic E-state index is 0.0827. The Morgan fingerprint density at radius 3 is 1.65 bits per heavy atom. The normalized spacial score (nSPS) is 14.2. The molecule has 0 bridgehead atoms. The molecule has 13 heteroatoms. The first-order valence-corrected chi connectivity index (χ1v) is 18.1. The predicted octanol–water partition coefficient (Wildman–Crippen LogP) is 0.419. The van der Waals surface area contributed by atoms with E-state index in [1.807, 2.05) is 31.8 Å². The van der Waals surface area contributed by atoms with Crippen molar-refractivity contribution in [2.45, 2.75) is 87.3 Å². The molecule has 0 radical (unpaired) electrons. The van der Waals surface area contributed by atoms with Crippen LogP contribution in [-0.4, -0.2) is 81.0 Å². The molecule has 46 heavy (non-hydrogen) atoms. The molecule has 0 fully saturated rings. The number of carbonyl (C=O) groups excluding carboxylic acids is 6. The second-order valence-corrected chi connectivity index (χ2v) is 13.6. The molecule has 5 amide bonds. The summed E-state index contributed by atoms with van der Waals surface area (Å²) in [6.07, 6.45) is 1.13. The van der Waals surface area contributed by atoms with Gasteiger partial charge in [-0.05, 0) is 17.9 Å². The number of primary amides is 1. The molecule has 2 rings (SSSR count).